The minimum absolute atomic E-state index is 0.0868. The lowest BCUT2D eigenvalue weighted by Gasteiger charge is -2.18. The van der Waals surface area contributed by atoms with Crippen LogP contribution in [0.4, 0.5) is 16.4 Å². The molecule has 0 aliphatic heterocycles. The summed E-state index contributed by atoms with van der Waals surface area (Å²) in [7, 11) is 4.44. The number of hydrogen-bond donors (Lipinski definition) is 4. The smallest absolute Gasteiger partial charge is 0.341 e. The number of hydrogen-bond acceptors (Lipinski definition) is 11. The van der Waals surface area contributed by atoms with E-state index < -0.39 is 34.8 Å². The van der Waals surface area contributed by atoms with Crippen molar-refractivity contribution in [2.24, 2.45) is 0 Å². The Labute approximate surface area is 372 Å². The van der Waals surface area contributed by atoms with Crippen LogP contribution in [-0.2, 0) is 14.3 Å². The van der Waals surface area contributed by atoms with Gasteiger partial charge >= 0.3 is 5.97 Å². The molecule has 0 fully saturated rings. The minimum Gasteiger partial charge on any atom is -0.496 e. The topological polar surface area (TPSA) is 170 Å². The molecule has 1 unspecified atom stereocenters. The average molecular weight is 885 g/mol. The third kappa shape index (κ3) is 11.3. The maximum atomic E-state index is 14.4. The molecule has 0 bridgehead atoms. The number of rotatable bonds is 17. The van der Waals surface area contributed by atoms with Crippen LogP contribution in [0, 0.1) is 6.92 Å². The zero-order valence-corrected chi connectivity index (χ0v) is 36.6. The number of carbonyl (C=O) groups is 5. The highest BCUT2D eigenvalue weighted by atomic mass is 32.2. The lowest BCUT2D eigenvalue weighted by atomic mass is 10.1. The molecule has 15 heteroatoms. The van der Waals surface area contributed by atoms with E-state index in [9.17, 15) is 24.0 Å². The number of esters is 1. The van der Waals surface area contributed by atoms with Crippen molar-refractivity contribution in [3.8, 4) is 17.2 Å². The highest BCUT2D eigenvalue weighted by Crippen LogP contribution is 2.40. The van der Waals surface area contributed by atoms with Gasteiger partial charge in [-0.3, -0.25) is 19.2 Å². The van der Waals surface area contributed by atoms with Gasteiger partial charge in [0.25, 0.3) is 17.7 Å². The Morgan fingerprint density at radius 3 is 1.95 bits per heavy atom. The summed E-state index contributed by atoms with van der Waals surface area (Å²) in [5.74, 6) is -1.62. The van der Waals surface area contributed by atoms with Crippen molar-refractivity contribution in [3.05, 3.63) is 166 Å². The molecule has 0 radical (unpaired) electrons. The predicted octanol–water partition coefficient (Wildman–Crippen LogP) is 9.39. The van der Waals surface area contributed by atoms with Crippen molar-refractivity contribution in [3.63, 3.8) is 0 Å². The number of thioether (sulfide) groups is 1. The standard InChI is InChI=1S/C48H44N4O9S2/c1-6-61-48(57)40-29(2)41(45(55)49-33-21-14-9-15-22-33)63-47(40)52-46(56)42(30-17-10-7-11-18-30)62-35-24-16-23-34(27-35)50-44(54)36(51-43(53)31-19-12-8-13-20-31)25-32-26-38(59-4)39(60-5)28-37(32)58-3/h7-28,42H,6H2,1-5H3,(H,49,55)(H,50,54)(H,51,53)(H,52,56)/b36-25+. The second-order valence-electron chi connectivity index (χ2n) is 13.5. The molecular formula is C48H44N4O9S2. The van der Waals surface area contributed by atoms with Crippen molar-refractivity contribution in [2.75, 3.05) is 43.9 Å². The second kappa shape index (κ2) is 21.4. The van der Waals surface area contributed by atoms with Gasteiger partial charge in [0.1, 0.15) is 21.7 Å². The van der Waals surface area contributed by atoms with Gasteiger partial charge in [-0.25, -0.2) is 4.79 Å². The van der Waals surface area contributed by atoms with Crippen molar-refractivity contribution >= 4 is 75.1 Å². The first-order valence-electron chi connectivity index (χ1n) is 19.5. The van der Waals surface area contributed by atoms with E-state index >= 15 is 0 Å². The SMILES string of the molecule is CCOC(=O)c1c(NC(=O)C(Sc2cccc(NC(=O)/C(=C\c3cc(OC)c(OC)cc3OC)NC(=O)c3ccccc3)c2)c2ccccc2)sc(C(=O)Nc2ccccc2)c1C. The fraction of sp³-hybridized carbons (Fsp3) is 0.146. The highest BCUT2D eigenvalue weighted by molar-refractivity contribution is 8.00. The van der Waals surface area contributed by atoms with Crippen LogP contribution in [0.25, 0.3) is 6.08 Å². The summed E-state index contributed by atoms with van der Waals surface area (Å²) in [5, 5.41) is 10.7. The van der Waals surface area contributed by atoms with E-state index in [1.54, 1.807) is 105 Å². The molecule has 4 N–H and O–H groups in total. The first-order chi connectivity index (χ1) is 30.5. The quantitative estimate of drug-likeness (QED) is 0.0393. The van der Waals surface area contributed by atoms with E-state index in [2.05, 4.69) is 21.3 Å². The van der Waals surface area contributed by atoms with Crippen LogP contribution in [0.1, 0.15) is 59.3 Å². The van der Waals surface area contributed by atoms with Crippen LogP contribution < -0.4 is 35.5 Å². The second-order valence-corrected chi connectivity index (χ2v) is 15.7. The normalized spacial score (nSPS) is 11.4. The molecule has 13 nitrogen and oxygen atoms in total. The lowest BCUT2D eigenvalue weighted by molar-refractivity contribution is -0.116. The third-order valence-electron chi connectivity index (χ3n) is 9.35. The van der Waals surface area contributed by atoms with E-state index in [-0.39, 0.29) is 27.7 Å². The summed E-state index contributed by atoms with van der Waals surface area (Å²) in [5.41, 5.74) is 2.69. The molecule has 1 atom stereocenters. The Morgan fingerprint density at radius 1 is 0.683 bits per heavy atom. The molecule has 1 heterocycles. The molecule has 6 aromatic rings. The summed E-state index contributed by atoms with van der Waals surface area (Å²) in [4.78, 5) is 69.5. The maximum Gasteiger partial charge on any atom is 0.341 e. The number of methoxy groups -OCH3 is 3. The molecular weight excluding hydrogens is 841 g/mol. The molecule has 6 rings (SSSR count). The van der Waals surface area contributed by atoms with Crippen molar-refractivity contribution in [2.45, 2.75) is 24.0 Å². The summed E-state index contributed by atoms with van der Waals surface area (Å²) >= 11 is 2.18. The number of ether oxygens (including phenoxy) is 4. The average Bonchev–Trinajstić information content (AvgIpc) is 3.63. The minimum atomic E-state index is -0.866. The lowest BCUT2D eigenvalue weighted by Crippen LogP contribution is -2.30. The Bertz CT molecular complexity index is 2640. The van der Waals surface area contributed by atoms with Crippen LogP contribution in [0.15, 0.2) is 138 Å². The highest BCUT2D eigenvalue weighted by Gasteiger charge is 2.30. The number of nitrogens with one attached hydrogen (secondary N) is 4. The van der Waals surface area contributed by atoms with Gasteiger partial charge < -0.3 is 40.2 Å². The van der Waals surface area contributed by atoms with Gasteiger partial charge in [0.05, 0.1) is 38.4 Å². The van der Waals surface area contributed by atoms with E-state index in [1.807, 2.05) is 36.4 Å². The summed E-state index contributed by atoms with van der Waals surface area (Å²) < 4.78 is 21.9. The molecule has 322 valence electrons. The summed E-state index contributed by atoms with van der Waals surface area (Å²) in [6.45, 7) is 3.40. The molecule has 5 aromatic carbocycles. The van der Waals surface area contributed by atoms with E-state index in [0.717, 1.165) is 11.3 Å². The van der Waals surface area contributed by atoms with Gasteiger partial charge in [0.15, 0.2) is 11.5 Å². The molecule has 63 heavy (non-hydrogen) atoms. The molecule has 1 aromatic heterocycles. The number of para-hydroxylation sites is 1. The van der Waals surface area contributed by atoms with Crippen molar-refractivity contribution in [1.82, 2.24) is 5.32 Å². The summed E-state index contributed by atoms with van der Waals surface area (Å²) in [6.07, 6.45) is 1.47. The fourth-order valence-electron chi connectivity index (χ4n) is 6.30. The van der Waals surface area contributed by atoms with Crippen LogP contribution in [0.5, 0.6) is 17.2 Å². The monoisotopic (exact) mass is 884 g/mol. The Hall–Kier alpha value is -7.36. The van der Waals surface area contributed by atoms with Crippen LogP contribution in [0.2, 0.25) is 0 Å². The molecule has 0 aliphatic carbocycles. The first-order valence-corrected chi connectivity index (χ1v) is 21.2. The van der Waals surface area contributed by atoms with Crippen LogP contribution in [-0.4, -0.2) is 57.5 Å². The van der Waals surface area contributed by atoms with Gasteiger partial charge in [0, 0.05) is 33.5 Å². The zero-order valence-electron chi connectivity index (χ0n) is 35.0. The Kier molecular flexibility index (Phi) is 15.4. The summed E-state index contributed by atoms with van der Waals surface area (Å²) in [6, 6.07) is 36.5. The van der Waals surface area contributed by atoms with Gasteiger partial charge in [-0.15, -0.1) is 23.1 Å². The number of carbonyl (C=O) groups excluding carboxylic acids is 5. The fourth-order valence-corrected chi connectivity index (χ4v) is 8.48. The van der Waals surface area contributed by atoms with Gasteiger partial charge in [-0.05, 0) is 79.6 Å². The number of benzene rings is 5. The van der Waals surface area contributed by atoms with Gasteiger partial charge in [0.2, 0.25) is 5.91 Å². The van der Waals surface area contributed by atoms with E-state index in [1.165, 1.54) is 39.2 Å². The van der Waals surface area contributed by atoms with Gasteiger partial charge in [-0.1, -0.05) is 72.8 Å². The molecule has 0 saturated heterocycles. The largest absolute Gasteiger partial charge is 0.496 e. The molecule has 0 saturated carbocycles. The Balaban J connectivity index is 1.29. The number of thiophene rings is 1. The van der Waals surface area contributed by atoms with Crippen LogP contribution in [0.3, 0.4) is 0 Å². The molecule has 0 spiro atoms. The van der Waals surface area contributed by atoms with Crippen LogP contribution >= 0.6 is 23.1 Å². The third-order valence-corrected chi connectivity index (χ3v) is 11.8. The van der Waals surface area contributed by atoms with Crippen molar-refractivity contribution in [1.29, 1.82) is 0 Å². The molecule has 4 amide bonds. The molecule has 0 aliphatic rings. The first kappa shape index (κ1) is 45.2. The van der Waals surface area contributed by atoms with Crippen molar-refractivity contribution < 1.29 is 42.9 Å². The Morgan fingerprint density at radius 2 is 1.30 bits per heavy atom. The van der Waals surface area contributed by atoms with E-state index in [4.69, 9.17) is 18.9 Å². The number of anilines is 3. The zero-order chi connectivity index (χ0) is 44.9. The maximum absolute atomic E-state index is 14.4. The number of amides is 4. The predicted molar refractivity (Wildman–Crippen MR) is 246 cm³/mol. The van der Waals surface area contributed by atoms with Gasteiger partial charge in [-0.2, -0.15) is 0 Å². The van der Waals surface area contributed by atoms with E-state index in [0.29, 0.717) is 55.8 Å².